The second kappa shape index (κ2) is 11.1. The summed E-state index contributed by atoms with van der Waals surface area (Å²) in [5.74, 6) is 1.56. The summed E-state index contributed by atoms with van der Waals surface area (Å²) in [6.07, 6.45) is 1.36. The number of rotatable bonds is 10. The minimum Gasteiger partial charge on any atom is -0.497 e. The van der Waals surface area contributed by atoms with Crippen molar-refractivity contribution in [2.45, 2.75) is 33.1 Å². The van der Waals surface area contributed by atoms with E-state index >= 15 is 0 Å². The molecule has 1 heterocycles. The molecule has 0 unspecified atom stereocenters. The first-order valence-electron chi connectivity index (χ1n) is 10.7. The van der Waals surface area contributed by atoms with Crippen molar-refractivity contribution in [3.05, 3.63) is 60.0 Å². The van der Waals surface area contributed by atoms with E-state index in [1.54, 1.807) is 36.3 Å². The molecule has 1 aromatic heterocycles. The van der Waals surface area contributed by atoms with Crippen LogP contribution in [0.2, 0.25) is 0 Å². The fourth-order valence-corrected chi connectivity index (χ4v) is 3.26. The van der Waals surface area contributed by atoms with Crippen LogP contribution in [-0.2, 0) is 11.2 Å². The van der Waals surface area contributed by atoms with Crippen LogP contribution in [0.4, 0.5) is 5.69 Å². The molecule has 32 heavy (non-hydrogen) atoms. The maximum absolute atomic E-state index is 12.5. The highest BCUT2D eigenvalue weighted by atomic mass is 16.5. The summed E-state index contributed by atoms with van der Waals surface area (Å²) >= 11 is 0. The van der Waals surface area contributed by atoms with Gasteiger partial charge in [0, 0.05) is 42.7 Å². The van der Waals surface area contributed by atoms with E-state index < -0.39 is 0 Å². The number of carbonyl (C=O) groups is 2. The summed E-state index contributed by atoms with van der Waals surface area (Å²) in [6.45, 7) is 5.16. The van der Waals surface area contributed by atoms with Crippen LogP contribution in [0.15, 0.2) is 53.1 Å². The predicted molar refractivity (Wildman–Crippen MR) is 122 cm³/mol. The number of benzene rings is 2. The number of ether oxygens (including phenoxy) is 1. The Morgan fingerprint density at radius 3 is 2.53 bits per heavy atom. The van der Waals surface area contributed by atoms with Gasteiger partial charge in [0.2, 0.25) is 17.6 Å². The van der Waals surface area contributed by atoms with Crippen molar-refractivity contribution in [2.75, 3.05) is 25.5 Å². The van der Waals surface area contributed by atoms with Crippen LogP contribution >= 0.6 is 0 Å². The number of nitrogens with zero attached hydrogens (tertiary/aromatic N) is 3. The van der Waals surface area contributed by atoms with Gasteiger partial charge in [0.25, 0.3) is 5.91 Å². The normalized spacial score (nSPS) is 10.6. The Kier molecular flexibility index (Phi) is 7.96. The van der Waals surface area contributed by atoms with E-state index in [9.17, 15) is 9.59 Å². The molecular formula is C24H28N4O4. The molecule has 3 aromatic rings. The SMILES string of the molecule is CCN(CC)C(=O)c1cccc(NC(=O)CCCc2nc(-c3ccc(OC)cc3)no2)c1. The number of aromatic nitrogens is 2. The van der Waals surface area contributed by atoms with Gasteiger partial charge in [0.1, 0.15) is 5.75 Å². The molecule has 0 bridgehead atoms. The summed E-state index contributed by atoms with van der Waals surface area (Å²) in [7, 11) is 1.61. The number of methoxy groups -OCH3 is 1. The molecule has 0 spiro atoms. The molecule has 1 N–H and O–H groups in total. The number of carbonyl (C=O) groups excluding carboxylic acids is 2. The zero-order chi connectivity index (χ0) is 22.9. The Hall–Kier alpha value is -3.68. The van der Waals surface area contributed by atoms with Crippen molar-refractivity contribution < 1.29 is 18.8 Å². The van der Waals surface area contributed by atoms with E-state index in [1.807, 2.05) is 38.1 Å². The Labute approximate surface area is 187 Å². The smallest absolute Gasteiger partial charge is 0.253 e. The van der Waals surface area contributed by atoms with E-state index in [-0.39, 0.29) is 11.8 Å². The molecule has 0 aliphatic rings. The van der Waals surface area contributed by atoms with Gasteiger partial charge in [-0.3, -0.25) is 9.59 Å². The third-order valence-electron chi connectivity index (χ3n) is 5.05. The van der Waals surface area contributed by atoms with Crippen LogP contribution in [0, 0.1) is 0 Å². The number of nitrogens with one attached hydrogen (secondary N) is 1. The first-order chi connectivity index (χ1) is 15.5. The third kappa shape index (κ3) is 5.94. The highest BCUT2D eigenvalue weighted by Gasteiger charge is 2.14. The third-order valence-corrected chi connectivity index (χ3v) is 5.05. The van der Waals surface area contributed by atoms with Crippen molar-refractivity contribution in [3.8, 4) is 17.1 Å². The highest BCUT2D eigenvalue weighted by molar-refractivity contribution is 5.97. The number of amides is 2. The van der Waals surface area contributed by atoms with Crippen LogP contribution < -0.4 is 10.1 Å². The molecule has 0 aliphatic carbocycles. The maximum atomic E-state index is 12.5. The summed E-state index contributed by atoms with van der Waals surface area (Å²) in [5.41, 5.74) is 1.99. The fourth-order valence-electron chi connectivity index (χ4n) is 3.26. The molecule has 3 rings (SSSR count). The van der Waals surface area contributed by atoms with E-state index in [0.29, 0.717) is 55.3 Å². The van der Waals surface area contributed by atoms with Gasteiger partial charge >= 0.3 is 0 Å². The quantitative estimate of drug-likeness (QED) is 0.512. The first-order valence-corrected chi connectivity index (χ1v) is 10.7. The summed E-state index contributed by atoms with van der Waals surface area (Å²) < 4.78 is 10.4. The van der Waals surface area contributed by atoms with Crippen LogP contribution in [0.3, 0.4) is 0 Å². The minimum atomic E-state index is -0.132. The van der Waals surface area contributed by atoms with Crippen LogP contribution in [0.5, 0.6) is 5.75 Å². The molecule has 2 aromatic carbocycles. The molecule has 0 aliphatic heterocycles. The van der Waals surface area contributed by atoms with Crippen LogP contribution in [-0.4, -0.2) is 47.1 Å². The van der Waals surface area contributed by atoms with Gasteiger partial charge < -0.3 is 19.5 Å². The standard InChI is InChI=1S/C24H28N4O4/c1-4-28(5-2)24(30)18-8-6-9-19(16-18)25-21(29)10-7-11-22-26-23(27-32-22)17-12-14-20(31-3)15-13-17/h6,8-9,12-16H,4-5,7,10-11H2,1-3H3,(H,25,29). The zero-order valence-electron chi connectivity index (χ0n) is 18.6. The summed E-state index contributed by atoms with van der Waals surface area (Å²) in [5, 5.41) is 6.85. The van der Waals surface area contributed by atoms with Gasteiger partial charge in [0.05, 0.1) is 7.11 Å². The molecule has 0 saturated heterocycles. The Bertz CT molecular complexity index is 1040. The highest BCUT2D eigenvalue weighted by Crippen LogP contribution is 2.20. The lowest BCUT2D eigenvalue weighted by atomic mass is 10.1. The molecule has 2 amide bonds. The molecular weight excluding hydrogens is 408 g/mol. The van der Waals surface area contributed by atoms with Gasteiger partial charge in [0.15, 0.2) is 0 Å². The Morgan fingerprint density at radius 2 is 1.84 bits per heavy atom. The van der Waals surface area contributed by atoms with Gasteiger partial charge in [-0.05, 0) is 62.7 Å². The molecule has 0 atom stereocenters. The second-order valence-electron chi connectivity index (χ2n) is 7.20. The van der Waals surface area contributed by atoms with E-state index in [0.717, 1.165) is 11.3 Å². The molecule has 8 nitrogen and oxygen atoms in total. The van der Waals surface area contributed by atoms with Crippen LogP contribution in [0.25, 0.3) is 11.4 Å². The molecule has 0 fully saturated rings. The molecule has 168 valence electrons. The predicted octanol–water partition coefficient (Wildman–Crippen LogP) is 4.19. The van der Waals surface area contributed by atoms with E-state index in [2.05, 4.69) is 15.5 Å². The lowest BCUT2D eigenvalue weighted by molar-refractivity contribution is -0.116. The summed E-state index contributed by atoms with van der Waals surface area (Å²) in [6, 6.07) is 14.4. The Balaban J connectivity index is 1.50. The molecule has 0 radical (unpaired) electrons. The van der Waals surface area contributed by atoms with Crippen molar-refractivity contribution in [1.82, 2.24) is 15.0 Å². The van der Waals surface area contributed by atoms with Gasteiger partial charge in [-0.15, -0.1) is 0 Å². The van der Waals surface area contributed by atoms with Crippen molar-refractivity contribution in [1.29, 1.82) is 0 Å². The Morgan fingerprint density at radius 1 is 1.09 bits per heavy atom. The summed E-state index contributed by atoms with van der Waals surface area (Å²) in [4.78, 5) is 31.0. The van der Waals surface area contributed by atoms with Crippen molar-refractivity contribution >= 4 is 17.5 Å². The zero-order valence-corrected chi connectivity index (χ0v) is 18.6. The average molecular weight is 437 g/mol. The van der Waals surface area contributed by atoms with Crippen molar-refractivity contribution in [2.24, 2.45) is 0 Å². The lowest BCUT2D eigenvalue weighted by Crippen LogP contribution is -2.30. The minimum absolute atomic E-state index is 0.0462. The van der Waals surface area contributed by atoms with Gasteiger partial charge in [-0.25, -0.2) is 0 Å². The number of anilines is 1. The molecule has 0 saturated carbocycles. The monoisotopic (exact) mass is 436 g/mol. The van der Waals surface area contributed by atoms with E-state index in [4.69, 9.17) is 9.26 Å². The van der Waals surface area contributed by atoms with Crippen molar-refractivity contribution in [3.63, 3.8) is 0 Å². The first kappa shape index (κ1) is 23.0. The lowest BCUT2D eigenvalue weighted by Gasteiger charge is -2.19. The van der Waals surface area contributed by atoms with Crippen LogP contribution in [0.1, 0.15) is 42.9 Å². The molecule has 8 heteroatoms. The van der Waals surface area contributed by atoms with E-state index in [1.165, 1.54) is 0 Å². The second-order valence-corrected chi connectivity index (χ2v) is 7.20. The van der Waals surface area contributed by atoms with Gasteiger partial charge in [-0.2, -0.15) is 4.98 Å². The number of hydrogen-bond donors (Lipinski definition) is 1. The topological polar surface area (TPSA) is 97.6 Å². The average Bonchev–Trinajstić information content (AvgIpc) is 3.29. The fraction of sp³-hybridized carbons (Fsp3) is 0.333. The number of hydrogen-bond acceptors (Lipinski definition) is 6. The van der Waals surface area contributed by atoms with Gasteiger partial charge in [-0.1, -0.05) is 11.2 Å². The largest absolute Gasteiger partial charge is 0.497 e. The maximum Gasteiger partial charge on any atom is 0.253 e. The number of aryl methyl sites for hydroxylation is 1.